The largest absolute Gasteiger partial charge is 0.497 e. The number of amides is 2. The molecule has 3 rings (SSSR count). The van der Waals surface area contributed by atoms with Gasteiger partial charge in [0.05, 0.1) is 22.6 Å². The number of methoxy groups -OCH3 is 1. The molecule has 0 aliphatic carbocycles. The second-order valence-electron chi connectivity index (χ2n) is 10.6. The van der Waals surface area contributed by atoms with E-state index in [2.05, 4.69) is 5.32 Å². The molecule has 0 radical (unpaired) electrons. The van der Waals surface area contributed by atoms with E-state index < -0.39 is 33.4 Å². The van der Waals surface area contributed by atoms with Crippen LogP contribution in [-0.2, 0) is 26.2 Å². The van der Waals surface area contributed by atoms with Crippen molar-refractivity contribution >= 4 is 33.2 Å². The number of carbonyl (C=O) groups excluding carboxylic acids is 2. The van der Waals surface area contributed by atoms with Crippen molar-refractivity contribution in [3.63, 3.8) is 0 Å². The molecule has 0 bridgehead atoms. The lowest BCUT2D eigenvalue weighted by atomic mass is 10.1. The van der Waals surface area contributed by atoms with E-state index in [0.29, 0.717) is 24.2 Å². The van der Waals surface area contributed by atoms with Gasteiger partial charge in [-0.1, -0.05) is 44.2 Å². The Morgan fingerprint density at radius 3 is 2.20 bits per heavy atom. The van der Waals surface area contributed by atoms with Gasteiger partial charge in [0.15, 0.2) is 0 Å². The lowest BCUT2D eigenvalue weighted by Gasteiger charge is -2.34. The van der Waals surface area contributed by atoms with Crippen LogP contribution in [0.4, 0.5) is 11.4 Å². The van der Waals surface area contributed by atoms with Gasteiger partial charge in [-0.25, -0.2) is 8.42 Å². The summed E-state index contributed by atoms with van der Waals surface area (Å²) < 4.78 is 34.4. The molecular formula is C32H40N4O7S. The Kier molecular flexibility index (Phi) is 11.5. The summed E-state index contributed by atoms with van der Waals surface area (Å²) in [6.45, 7) is 8.43. The molecule has 3 aromatic carbocycles. The van der Waals surface area contributed by atoms with E-state index in [1.54, 1.807) is 19.1 Å². The van der Waals surface area contributed by atoms with Crippen LogP contribution < -0.4 is 14.4 Å². The van der Waals surface area contributed by atoms with Crippen molar-refractivity contribution < 1.29 is 27.7 Å². The summed E-state index contributed by atoms with van der Waals surface area (Å²) in [5, 5.41) is 14.6. The summed E-state index contributed by atoms with van der Waals surface area (Å²) >= 11 is 0. The lowest BCUT2D eigenvalue weighted by Crippen LogP contribution is -2.53. The summed E-state index contributed by atoms with van der Waals surface area (Å²) in [6.07, 6.45) is 0.986. The predicted octanol–water partition coefficient (Wildman–Crippen LogP) is 5.14. The van der Waals surface area contributed by atoms with E-state index in [-0.39, 0.29) is 34.8 Å². The first kappa shape index (κ1) is 34.0. The third-order valence-electron chi connectivity index (χ3n) is 7.59. The Bertz CT molecular complexity index is 1590. The Morgan fingerprint density at radius 2 is 1.64 bits per heavy atom. The number of hydrogen-bond donors (Lipinski definition) is 1. The Hall–Kier alpha value is -4.45. The minimum absolute atomic E-state index is 0.0739. The average molecular weight is 625 g/mol. The number of rotatable bonds is 14. The molecule has 0 saturated carbocycles. The van der Waals surface area contributed by atoms with Gasteiger partial charge in [-0.3, -0.25) is 24.0 Å². The number of carbonyl (C=O) groups is 2. The molecule has 0 spiro atoms. The highest BCUT2D eigenvalue weighted by Crippen LogP contribution is 2.29. The number of nitro benzene ring substituents is 1. The summed E-state index contributed by atoms with van der Waals surface area (Å²) in [4.78, 5) is 39.7. The number of nitro groups is 1. The van der Waals surface area contributed by atoms with Gasteiger partial charge in [-0.05, 0) is 75.1 Å². The molecule has 236 valence electrons. The van der Waals surface area contributed by atoms with Gasteiger partial charge in [0.1, 0.15) is 18.3 Å². The van der Waals surface area contributed by atoms with Crippen molar-refractivity contribution in [3.8, 4) is 5.75 Å². The standard InChI is InChI=1S/C32H40N4O7S/c1-7-24(5)33-32(38)29(8-2)34(20-25-12-10-9-11-22(25)3)31(37)21-35(26-14-16-27(43-6)17-15-26)44(41,42)28-18-13-23(4)30(19-28)36(39)40/h9-19,24,29H,7-8,20-21H2,1-6H3,(H,33,38)/t24-,29-/m0/s1. The number of nitrogens with zero attached hydrogens (tertiary/aromatic N) is 3. The molecule has 1 N–H and O–H groups in total. The van der Waals surface area contributed by atoms with Crippen LogP contribution >= 0.6 is 0 Å². The number of hydrogen-bond acceptors (Lipinski definition) is 7. The van der Waals surface area contributed by atoms with Crippen LogP contribution in [0.2, 0.25) is 0 Å². The Morgan fingerprint density at radius 1 is 0.977 bits per heavy atom. The third kappa shape index (κ3) is 7.93. The number of aryl methyl sites for hydroxylation is 2. The number of sulfonamides is 1. The molecule has 44 heavy (non-hydrogen) atoms. The summed E-state index contributed by atoms with van der Waals surface area (Å²) in [5.41, 5.74) is 1.80. The van der Waals surface area contributed by atoms with E-state index in [1.807, 2.05) is 45.0 Å². The van der Waals surface area contributed by atoms with Crippen LogP contribution in [0.25, 0.3) is 0 Å². The zero-order valence-corrected chi connectivity index (χ0v) is 26.8. The van der Waals surface area contributed by atoms with E-state index >= 15 is 0 Å². The maximum atomic E-state index is 14.2. The molecule has 11 nitrogen and oxygen atoms in total. The monoisotopic (exact) mass is 624 g/mol. The molecule has 0 aliphatic heterocycles. The first-order valence-corrected chi connectivity index (χ1v) is 15.8. The van der Waals surface area contributed by atoms with E-state index in [1.165, 1.54) is 43.2 Å². The van der Waals surface area contributed by atoms with Crippen molar-refractivity contribution in [1.29, 1.82) is 0 Å². The number of anilines is 1. The zero-order chi connectivity index (χ0) is 32.6. The van der Waals surface area contributed by atoms with Crippen molar-refractivity contribution in [2.45, 2.75) is 71.0 Å². The van der Waals surface area contributed by atoms with Gasteiger partial charge in [-0.15, -0.1) is 0 Å². The molecule has 2 amide bonds. The highest BCUT2D eigenvalue weighted by Gasteiger charge is 2.35. The molecule has 0 saturated heterocycles. The third-order valence-corrected chi connectivity index (χ3v) is 9.36. The van der Waals surface area contributed by atoms with E-state index in [4.69, 9.17) is 4.74 Å². The molecule has 3 aromatic rings. The molecule has 2 atom stereocenters. The smallest absolute Gasteiger partial charge is 0.273 e. The molecule has 0 aromatic heterocycles. The molecule has 0 fully saturated rings. The van der Waals surface area contributed by atoms with Crippen LogP contribution in [0, 0.1) is 24.0 Å². The lowest BCUT2D eigenvalue weighted by molar-refractivity contribution is -0.385. The van der Waals surface area contributed by atoms with Crippen LogP contribution in [-0.4, -0.2) is 55.8 Å². The molecule has 0 unspecified atom stereocenters. The predicted molar refractivity (Wildman–Crippen MR) is 169 cm³/mol. The normalized spacial score (nSPS) is 12.6. The molecule has 12 heteroatoms. The quantitative estimate of drug-likeness (QED) is 0.194. The van der Waals surface area contributed by atoms with Gasteiger partial charge in [0, 0.05) is 24.2 Å². The van der Waals surface area contributed by atoms with Crippen molar-refractivity contribution in [2.75, 3.05) is 18.0 Å². The minimum atomic E-state index is -4.49. The zero-order valence-electron chi connectivity index (χ0n) is 25.9. The SMILES string of the molecule is CC[C@H](C)NC(=O)[C@H](CC)N(Cc1ccccc1C)C(=O)CN(c1ccc(OC)cc1)S(=O)(=O)c1ccc(C)c([N+](=O)[O-])c1. The van der Waals surface area contributed by atoms with Crippen LogP contribution in [0.1, 0.15) is 50.3 Å². The maximum absolute atomic E-state index is 14.2. The van der Waals surface area contributed by atoms with Gasteiger partial charge in [-0.2, -0.15) is 0 Å². The van der Waals surface area contributed by atoms with Crippen LogP contribution in [0.3, 0.4) is 0 Å². The molecule has 0 heterocycles. The maximum Gasteiger partial charge on any atom is 0.273 e. The van der Waals surface area contributed by atoms with Crippen LogP contribution in [0.15, 0.2) is 71.6 Å². The number of ether oxygens (including phenoxy) is 1. The fraction of sp³-hybridized carbons (Fsp3) is 0.375. The fourth-order valence-electron chi connectivity index (χ4n) is 4.68. The van der Waals surface area contributed by atoms with Crippen molar-refractivity contribution in [1.82, 2.24) is 10.2 Å². The van der Waals surface area contributed by atoms with Gasteiger partial charge in [0.25, 0.3) is 15.7 Å². The number of nitrogens with one attached hydrogen (secondary N) is 1. The first-order chi connectivity index (χ1) is 20.8. The van der Waals surface area contributed by atoms with E-state index in [0.717, 1.165) is 21.5 Å². The number of benzene rings is 3. The average Bonchev–Trinajstić information content (AvgIpc) is 3.00. The topological polar surface area (TPSA) is 139 Å². The van der Waals surface area contributed by atoms with Gasteiger partial charge < -0.3 is 15.0 Å². The van der Waals surface area contributed by atoms with E-state index in [9.17, 15) is 28.1 Å². The molecule has 0 aliphatic rings. The second kappa shape index (κ2) is 14.8. The summed E-state index contributed by atoms with van der Waals surface area (Å²) in [6, 6.07) is 16.2. The van der Waals surface area contributed by atoms with Crippen LogP contribution in [0.5, 0.6) is 5.75 Å². The van der Waals surface area contributed by atoms with Gasteiger partial charge in [0.2, 0.25) is 11.8 Å². The highest BCUT2D eigenvalue weighted by atomic mass is 32.2. The minimum Gasteiger partial charge on any atom is -0.497 e. The van der Waals surface area contributed by atoms with Gasteiger partial charge >= 0.3 is 0 Å². The first-order valence-electron chi connectivity index (χ1n) is 14.4. The summed E-state index contributed by atoms with van der Waals surface area (Å²) in [7, 11) is -3.02. The second-order valence-corrected chi connectivity index (χ2v) is 12.5. The summed E-state index contributed by atoms with van der Waals surface area (Å²) in [5.74, 6) is -0.477. The van der Waals surface area contributed by atoms with Crippen molar-refractivity contribution in [3.05, 3.63) is 93.5 Å². The fourth-order valence-corrected chi connectivity index (χ4v) is 6.12. The highest BCUT2D eigenvalue weighted by molar-refractivity contribution is 7.92. The molecular weight excluding hydrogens is 584 g/mol. The Labute approximate surface area is 259 Å². The van der Waals surface area contributed by atoms with Crippen molar-refractivity contribution in [2.24, 2.45) is 0 Å². The Balaban J connectivity index is 2.13.